The van der Waals surface area contributed by atoms with E-state index in [1.54, 1.807) is 0 Å². The molecular formula is C20H42. The summed E-state index contributed by atoms with van der Waals surface area (Å²) < 4.78 is 0. The Labute approximate surface area is 130 Å². The van der Waals surface area contributed by atoms with Crippen molar-refractivity contribution in [1.82, 2.24) is 0 Å². The van der Waals surface area contributed by atoms with Crippen LogP contribution < -0.4 is 0 Å². The molecule has 0 saturated heterocycles. The Morgan fingerprint density at radius 1 is 0.550 bits per heavy atom. The van der Waals surface area contributed by atoms with Crippen LogP contribution in [0.3, 0.4) is 0 Å². The van der Waals surface area contributed by atoms with Crippen molar-refractivity contribution in [2.45, 2.75) is 112 Å². The molecular weight excluding hydrogens is 240 g/mol. The van der Waals surface area contributed by atoms with Crippen molar-refractivity contribution in [2.24, 2.45) is 17.8 Å². The van der Waals surface area contributed by atoms with E-state index in [9.17, 15) is 0 Å². The van der Waals surface area contributed by atoms with E-state index in [1.807, 2.05) is 0 Å². The second-order valence-corrected chi connectivity index (χ2v) is 7.19. The SMILES string of the molecule is CCCCCCCCCCCCC(C)C(C)C(C)CC. The minimum atomic E-state index is 0.896. The van der Waals surface area contributed by atoms with Gasteiger partial charge in [0.1, 0.15) is 0 Å². The van der Waals surface area contributed by atoms with Crippen LogP contribution in [0, 0.1) is 17.8 Å². The Morgan fingerprint density at radius 3 is 1.45 bits per heavy atom. The summed E-state index contributed by atoms with van der Waals surface area (Å²) in [5, 5.41) is 0. The fourth-order valence-corrected chi connectivity index (χ4v) is 3.15. The molecule has 0 amide bonds. The normalized spacial score (nSPS) is 16.1. The summed E-state index contributed by atoms with van der Waals surface area (Å²) in [5.41, 5.74) is 0. The molecule has 3 atom stereocenters. The van der Waals surface area contributed by atoms with Crippen molar-refractivity contribution in [3.05, 3.63) is 0 Å². The predicted molar refractivity (Wildman–Crippen MR) is 94.2 cm³/mol. The molecule has 0 bridgehead atoms. The van der Waals surface area contributed by atoms with Crippen LogP contribution in [0.15, 0.2) is 0 Å². The first-order valence-corrected chi connectivity index (χ1v) is 9.63. The second kappa shape index (κ2) is 14.0. The average molecular weight is 283 g/mol. The minimum Gasteiger partial charge on any atom is -0.0654 e. The van der Waals surface area contributed by atoms with E-state index in [0.717, 1.165) is 17.8 Å². The monoisotopic (exact) mass is 282 g/mol. The zero-order valence-electron chi connectivity index (χ0n) is 15.2. The molecule has 0 fully saturated rings. The summed E-state index contributed by atoms with van der Waals surface area (Å²) in [7, 11) is 0. The molecule has 0 N–H and O–H groups in total. The van der Waals surface area contributed by atoms with Crippen LogP contribution in [0.5, 0.6) is 0 Å². The van der Waals surface area contributed by atoms with Crippen molar-refractivity contribution in [3.8, 4) is 0 Å². The van der Waals surface area contributed by atoms with E-state index in [2.05, 4.69) is 34.6 Å². The molecule has 0 radical (unpaired) electrons. The van der Waals surface area contributed by atoms with Gasteiger partial charge >= 0.3 is 0 Å². The van der Waals surface area contributed by atoms with Gasteiger partial charge in [0.05, 0.1) is 0 Å². The Hall–Kier alpha value is 0. The van der Waals surface area contributed by atoms with E-state index in [-0.39, 0.29) is 0 Å². The smallest absolute Gasteiger partial charge is 0.0391 e. The fraction of sp³-hybridized carbons (Fsp3) is 1.00. The van der Waals surface area contributed by atoms with E-state index in [1.165, 1.54) is 77.0 Å². The van der Waals surface area contributed by atoms with Crippen LogP contribution >= 0.6 is 0 Å². The maximum absolute atomic E-state index is 2.46. The molecule has 0 heteroatoms. The molecule has 0 aliphatic heterocycles. The summed E-state index contributed by atoms with van der Waals surface area (Å²) in [6, 6.07) is 0. The number of rotatable bonds is 14. The molecule has 20 heavy (non-hydrogen) atoms. The quantitative estimate of drug-likeness (QED) is 0.287. The van der Waals surface area contributed by atoms with E-state index >= 15 is 0 Å². The highest BCUT2D eigenvalue weighted by atomic mass is 14.2. The van der Waals surface area contributed by atoms with Crippen molar-refractivity contribution in [2.75, 3.05) is 0 Å². The van der Waals surface area contributed by atoms with Crippen molar-refractivity contribution in [3.63, 3.8) is 0 Å². The van der Waals surface area contributed by atoms with Crippen molar-refractivity contribution < 1.29 is 0 Å². The Balaban J connectivity index is 3.31. The van der Waals surface area contributed by atoms with Gasteiger partial charge in [0.15, 0.2) is 0 Å². The van der Waals surface area contributed by atoms with Gasteiger partial charge in [-0.2, -0.15) is 0 Å². The standard InChI is InChI=1S/C20H42/c1-6-8-9-10-11-12-13-14-15-16-17-19(4)20(5)18(3)7-2/h18-20H,6-17H2,1-5H3. The van der Waals surface area contributed by atoms with Gasteiger partial charge in [-0.25, -0.2) is 0 Å². The third-order valence-electron chi connectivity index (χ3n) is 5.45. The second-order valence-electron chi connectivity index (χ2n) is 7.19. The Bertz CT molecular complexity index is 184. The fourth-order valence-electron chi connectivity index (χ4n) is 3.15. The molecule has 0 aliphatic rings. The number of unbranched alkanes of at least 4 members (excludes halogenated alkanes) is 9. The summed E-state index contributed by atoms with van der Waals surface area (Å²) in [6.45, 7) is 12.0. The summed E-state index contributed by atoms with van der Waals surface area (Å²) in [6.07, 6.45) is 17.3. The van der Waals surface area contributed by atoms with Gasteiger partial charge in [0.25, 0.3) is 0 Å². The van der Waals surface area contributed by atoms with Gasteiger partial charge in [-0.05, 0) is 17.8 Å². The predicted octanol–water partition coefficient (Wildman–Crippen LogP) is 7.62. The van der Waals surface area contributed by atoms with Gasteiger partial charge in [-0.3, -0.25) is 0 Å². The van der Waals surface area contributed by atoms with Crippen LogP contribution in [0.4, 0.5) is 0 Å². The molecule has 122 valence electrons. The molecule has 0 aromatic rings. The maximum Gasteiger partial charge on any atom is -0.0391 e. The molecule has 0 nitrogen and oxygen atoms in total. The van der Waals surface area contributed by atoms with E-state index in [0.29, 0.717) is 0 Å². The van der Waals surface area contributed by atoms with Crippen LogP contribution in [0.25, 0.3) is 0 Å². The minimum absolute atomic E-state index is 0.896. The average Bonchev–Trinajstić information content (AvgIpc) is 2.47. The molecule has 0 rings (SSSR count). The zero-order chi connectivity index (χ0) is 15.2. The summed E-state index contributed by atoms with van der Waals surface area (Å²) in [4.78, 5) is 0. The highest BCUT2D eigenvalue weighted by Gasteiger charge is 2.16. The third kappa shape index (κ3) is 10.7. The molecule has 0 heterocycles. The van der Waals surface area contributed by atoms with Crippen LogP contribution in [0.1, 0.15) is 112 Å². The van der Waals surface area contributed by atoms with Gasteiger partial charge in [0.2, 0.25) is 0 Å². The van der Waals surface area contributed by atoms with E-state index in [4.69, 9.17) is 0 Å². The van der Waals surface area contributed by atoms with Crippen LogP contribution in [-0.4, -0.2) is 0 Å². The first-order valence-electron chi connectivity index (χ1n) is 9.63. The molecule has 0 spiro atoms. The Kier molecular flexibility index (Phi) is 14.0. The highest BCUT2D eigenvalue weighted by molar-refractivity contribution is 4.67. The topological polar surface area (TPSA) is 0 Å². The lowest BCUT2D eigenvalue weighted by molar-refractivity contribution is 0.255. The Morgan fingerprint density at radius 2 is 1.00 bits per heavy atom. The first kappa shape index (κ1) is 20.0. The molecule has 0 aromatic heterocycles. The molecule has 0 saturated carbocycles. The van der Waals surface area contributed by atoms with Gasteiger partial charge in [0, 0.05) is 0 Å². The lowest BCUT2D eigenvalue weighted by Gasteiger charge is -2.25. The zero-order valence-corrected chi connectivity index (χ0v) is 15.2. The summed E-state index contributed by atoms with van der Waals surface area (Å²) >= 11 is 0. The van der Waals surface area contributed by atoms with E-state index < -0.39 is 0 Å². The number of hydrogen-bond acceptors (Lipinski definition) is 0. The number of hydrogen-bond donors (Lipinski definition) is 0. The third-order valence-corrected chi connectivity index (χ3v) is 5.45. The maximum atomic E-state index is 2.46. The van der Waals surface area contributed by atoms with Gasteiger partial charge < -0.3 is 0 Å². The molecule has 0 aromatic carbocycles. The van der Waals surface area contributed by atoms with Crippen molar-refractivity contribution in [1.29, 1.82) is 0 Å². The first-order chi connectivity index (χ1) is 9.63. The van der Waals surface area contributed by atoms with Gasteiger partial charge in [-0.1, -0.05) is 112 Å². The summed E-state index contributed by atoms with van der Waals surface area (Å²) in [5.74, 6) is 2.71. The van der Waals surface area contributed by atoms with Gasteiger partial charge in [-0.15, -0.1) is 0 Å². The lowest BCUT2D eigenvalue weighted by Crippen LogP contribution is -2.15. The molecule has 0 aliphatic carbocycles. The van der Waals surface area contributed by atoms with Crippen LogP contribution in [0.2, 0.25) is 0 Å². The van der Waals surface area contributed by atoms with Crippen molar-refractivity contribution >= 4 is 0 Å². The largest absolute Gasteiger partial charge is 0.0654 e. The van der Waals surface area contributed by atoms with Crippen LogP contribution in [-0.2, 0) is 0 Å². The highest BCUT2D eigenvalue weighted by Crippen LogP contribution is 2.27. The molecule has 3 unspecified atom stereocenters. The lowest BCUT2D eigenvalue weighted by atomic mass is 9.81.